The molecular formula is C13H12N4O2. The zero-order valence-corrected chi connectivity index (χ0v) is 10.4. The number of nitro groups is 1. The minimum Gasteiger partial charge on any atom is -0.368 e. The van der Waals surface area contributed by atoms with Gasteiger partial charge in [-0.05, 0) is 13.0 Å². The number of anilines is 1. The van der Waals surface area contributed by atoms with Crippen molar-refractivity contribution in [1.82, 2.24) is 9.97 Å². The van der Waals surface area contributed by atoms with Gasteiger partial charge in [-0.25, -0.2) is 9.97 Å². The van der Waals surface area contributed by atoms with E-state index in [1.54, 1.807) is 13.0 Å². The van der Waals surface area contributed by atoms with E-state index >= 15 is 0 Å². The molecule has 0 atom stereocenters. The number of nitro benzene ring substituents is 1. The third-order valence-corrected chi connectivity index (χ3v) is 2.55. The molecule has 0 saturated heterocycles. The van der Waals surface area contributed by atoms with Gasteiger partial charge in [0.15, 0.2) is 0 Å². The molecule has 96 valence electrons. The van der Waals surface area contributed by atoms with Gasteiger partial charge in [0.25, 0.3) is 5.69 Å². The summed E-state index contributed by atoms with van der Waals surface area (Å²) < 4.78 is 0. The molecule has 1 aromatic heterocycles. The van der Waals surface area contributed by atoms with Crippen LogP contribution in [-0.2, 0) is 0 Å². The second-order valence-corrected chi connectivity index (χ2v) is 3.78. The molecule has 2 aromatic rings. The van der Waals surface area contributed by atoms with Crippen LogP contribution in [-0.4, -0.2) is 21.4 Å². The van der Waals surface area contributed by atoms with Crippen LogP contribution in [0.4, 0.5) is 11.5 Å². The molecule has 2 rings (SSSR count). The van der Waals surface area contributed by atoms with Crippen LogP contribution >= 0.6 is 0 Å². The normalized spacial score (nSPS) is 9.74. The highest BCUT2D eigenvalue weighted by molar-refractivity contribution is 5.90. The Morgan fingerprint density at radius 1 is 1.42 bits per heavy atom. The third-order valence-electron chi connectivity index (χ3n) is 2.55. The Hall–Kier alpha value is -2.68. The molecule has 0 aliphatic rings. The molecule has 19 heavy (non-hydrogen) atoms. The number of benzene rings is 1. The molecule has 1 aromatic carbocycles. The lowest BCUT2D eigenvalue weighted by Crippen LogP contribution is -2.03. The van der Waals surface area contributed by atoms with Crippen molar-refractivity contribution in [2.24, 2.45) is 0 Å². The van der Waals surface area contributed by atoms with Crippen LogP contribution in [0.1, 0.15) is 13.3 Å². The van der Waals surface area contributed by atoms with Gasteiger partial charge in [-0.3, -0.25) is 10.1 Å². The SMILES string of the molecule is CC#CCCNc1ncnc2ccc([N+](=O)[O-])cc12. The molecule has 0 spiro atoms. The first-order valence-corrected chi connectivity index (χ1v) is 5.75. The van der Waals surface area contributed by atoms with Gasteiger partial charge in [-0.2, -0.15) is 0 Å². The van der Waals surface area contributed by atoms with E-state index in [-0.39, 0.29) is 5.69 Å². The Morgan fingerprint density at radius 3 is 3.00 bits per heavy atom. The molecule has 0 bridgehead atoms. The van der Waals surface area contributed by atoms with Gasteiger partial charge >= 0.3 is 0 Å². The lowest BCUT2D eigenvalue weighted by Gasteiger charge is -2.06. The molecule has 0 aliphatic carbocycles. The summed E-state index contributed by atoms with van der Waals surface area (Å²) in [6.07, 6.45) is 2.12. The molecule has 0 aliphatic heterocycles. The fraction of sp³-hybridized carbons (Fsp3) is 0.231. The zero-order valence-electron chi connectivity index (χ0n) is 10.4. The van der Waals surface area contributed by atoms with E-state index in [0.29, 0.717) is 29.7 Å². The van der Waals surface area contributed by atoms with Crippen molar-refractivity contribution in [2.75, 3.05) is 11.9 Å². The van der Waals surface area contributed by atoms with Crippen molar-refractivity contribution in [3.63, 3.8) is 0 Å². The summed E-state index contributed by atoms with van der Waals surface area (Å²) in [7, 11) is 0. The van der Waals surface area contributed by atoms with E-state index in [0.717, 1.165) is 0 Å². The highest BCUT2D eigenvalue weighted by atomic mass is 16.6. The maximum Gasteiger partial charge on any atom is 0.270 e. The van der Waals surface area contributed by atoms with Crippen molar-refractivity contribution < 1.29 is 4.92 Å². The topological polar surface area (TPSA) is 81.0 Å². The van der Waals surface area contributed by atoms with Crippen LogP contribution in [0.3, 0.4) is 0 Å². The standard InChI is InChI=1S/C13H12N4O2/c1-2-3-4-7-14-13-11-8-10(17(18)19)5-6-12(11)15-9-16-13/h5-6,8-9H,4,7H2,1H3,(H,14,15,16). The van der Waals surface area contributed by atoms with Gasteiger partial charge in [0.1, 0.15) is 12.1 Å². The Balaban J connectivity index is 2.33. The quantitative estimate of drug-likeness (QED) is 0.393. The van der Waals surface area contributed by atoms with Crippen molar-refractivity contribution in [3.8, 4) is 11.8 Å². The van der Waals surface area contributed by atoms with Crippen LogP contribution < -0.4 is 5.32 Å². The average molecular weight is 256 g/mol. The Morgan fingerprint density at radius 2 is 2.26 bits per heavy atom. The molecule has 6 nitrogen and oxygen atoms in total. The predicted octanol–water partition coefficient (Wildman–Crippen LogP) is 2.36. The summed E-state index contributed by atoms with van der Waals surface area (Å²) in [6, 6.07) is 4.52. The molecule has 6 heteroatoms. The fourth-order valence-corrected chi connectivity index (χ4v) is 1.67. The van der Waals surface area contributed by atoms with Crippen LogP contribution in [0.5, 0.6) is 0 Å². The Kier molecular flexibility index (Phi) is 3.88. The van der Waals surface area contributed by atoms with E-state index in [1.165, 1.54) is 18.5 Å². The van der Waals surface area contributed by atoms with Gasteiger partial charge in [0.2, 0.25) is 0 Å². The summed E-state index contributed by atoms with van der Waals surface area (Å²) in [4.78, 5) is 18.5. The molecule has 0 amide bonds. The first-order chi connectivity index (χ1) is 9.22. The lowest BCUT2D eigenvalue weighted by atomic mass is 10.2. The number of aromatic nitrogens is 2. The molecule has 0 saturated carbocycles. The maximum absolute atomic E-state index is 10.8. The molecular weight excluding hydrogens is 244 g/mol. The first-order valence-electron chi connectivity index (χ1n) is 5.75. The van der Waals surface area contributed by atoms with Gasteiger partial charge in [0, 0.05) is 30.5 Å². The third kappa shape index (κ3) is 2.96. The zero-order chi connectivity index (χ0) is 13.7. The van der Waals surface area contributed by atoms with Crippen molar-refractivity contribution in [3.05, 3.63) is 34.6 Å². The van der Waals surface area contributed by atoms with E-state index in [1.807, 2.05) is 0 Å². The molecule has 1 N–H and O–H groups in total. The van der Waals surface area contributed by atoms with Crippen LogP contribution in [0, 0.1) is 22.0 Å². The summed E-state index contributed by atoms with van der Waals surface area (Å²) in [6.45, 7) is 2.42. The Labute approximate surface area is 110 Å². The smallest absolute Gasteiger partial charge is 0.270 e. The number of hydrogen-bond acceptors (Lipinski definition) is 5. The maximum atomic E-state index is 10.8. The van der Waals surface area contributed by atoms with E-state index in [4.69, 9.17) is 0 Å². The average Bonchev–Trinajstić information content (AvgIpc) is 2.43. The lowest BCUT2D eigenvalue weighted by molar-refractivity contribution is -0.384. The summed E-state index contributed by atoms with van der Waals surface area (Å²) in [5.74, 6) is 6.32. The Bertz CT molecular complexity index is 673. The van der Waals surface area contributed by atoms with Crippen LogP contribution in [0.15, 0.2) is 24.5 Å². The first kappa shape index (κ1) is 12.8. The molecule has 1 heterocycles. The second kappa shape index (κ2) is 5.78. The number of non-ortho nitro benzene ring substituents is 1. The number of hydrogen-bond donors (Lipinski definition) is 1. The number of nitrogens with one attached hydrogen (secondary N) is 1. The second-order valence-electron chi connectivity index (χ2n) is 3.78. The van der Waals surface area contributed by atoms with Crippen molar-refractivity contribution in [2.45, 2.75) is 13.3 Å². The van der Waals surface area contributed by atoms with Crippen LogP contribution in [0.25, 0.3) is 10.9 Å². The highest BCUT2D eigenvalue weighted by Gasteiger charge is 2.10. The highest BCUT2D eigenvalue weighted by Crippen LogP contribution is 2.24. The summed E-state index contributed by atoms with van der Waals surface area (Å²) in [5, 5.41) is 14.5. The fourth-order valence-electron chi connectivity index (χ4n) is 1.67. The minimum absolute atomic E-state index is 0.0266. The minimum atomic E-state index is -0.432. The largest absolute Gasteiger partial charge is 0.368 e. The molecule has 0 fully saturated rings. The van der Waals surface area contributed by atoms with Gasteiger partial charge in [-0.15, -0.1) is 11.8 Å². The van der Waals surface area contributed by atoms with Crippen molar-refractivity contribution >= 4 is 22.4 Å². The van der Waals surface area contributed by atoms with E-state index in [2.05, 4.69) is 27.1 Å². The van der Waals surface area contributed by atoms with Gasteiger partial charge in [-0.1, -0.05) is 0 Å². The molecule has 0 radical (unpaired) electrons. The summed E-state index contributed by atoms with van der Waals surface area (Å²) >= 11 is 0. The van der Waals surface area contributed by atoms with E-state index < -0.39 is 4.92 Å². The molecule has 0 unspecified atom stereocenters. The number of nitrogens with zero attached hydrogens (tertiary/aromatic N) is 3. The van der Waals surface area contributed by atoms with Gasteiger partial charge in [0.05, 0.1) is 10.4 Å². The van der Waals surface area contributed by atoms with Gasteiger partial charge < -0.3 is 5.32 Å². The monoisotopic (exact) mass is 256 g/mol. The number of fused-ring (bicyclic) bond motifs is 1. The number of rotatable bonds is 4. The van der Waals surface area contributed by atoms with Crippen LogP contribution in [0.2, 0.25) is 0 Å². The summed E-state index contributed by atoms with van der Waals surface area (Å²) in [5.41, 5.74) is 0.698. The van der Waals surface area contributed by atoms with E-state index in [9.17, 15) is 10.1 Å². The van der Waals surface area contributed by atoms with Crippen molar-refractivity contribution in [1.29, 1.82) is 0 Å². The predicted molar refractivity (Wildman–Crippen MR) is 72.7 cm³/mol.